The molecule has 1 aromatic carbocycles. The first-order valence-corrected chi connectivity index (χ1v) is 8.83. The molecule has 2 unspecified atom stereocenters. The molecule has 0 bridgehead atoms. The third kappa shape index (κ3) is 5.84. The Morgan fingerprint density at radius 1 is 1.29 bits per heavy atom. The van der Waals surface area contributed by atoms with Crippen molar-refractivity contribution in [3.8, 4) is 11.5 Å². The Bertz CT molecular complexity index is 514. The Hall–Kier alpha value is -1.52. The van der Waals surface area contributed by atoms with E-state index in [9.17, 15) is 5.11 Å². The Labute approximate surface area is 145 Å². The van der Waals surface area contributed by atoms with Crippen molar-refractivity contribution in [3.63, 3.8) is 0 Å². The highest BCUT2D eigenvalue weighted by Gasteiger charge is 2.39. The second-order valence-corrected chi connectivity index (χ2v) is 6.42. The number of unbranched alkanes of at least 4 members (excludes halogenated alkanes) is 2. The van der Waals surface area contributed by atoms with Crippen LogP contribution in [0.25, 0.3) is 0 Å². The lowest BCUT2D eigenvalue weighted by atomic mass is 10.0. The number of hydrogen-bond donors (Lipinski definition) is 1. The molecule has 2 rings (SSSR count). The highest BCUT2D eigenvalue weighted by atomic mass is 16.6. The van der Waals surface area contributed by atoms with Crippen molar-refractivity contribution in [1.82, 2.24) is 0 Å². The van der Waals surface area contributed by atoms with E-state index in [1.54, 1.807) is 20.3 Å². The van der Waals surface area contributed by atoms with Gasteiger partial charge in [-0.1, -0.05) is 18.6 Å². The van der Waals surface area contributed by atoms with E-state index in [1.807, 2.05) is 18.2 Å². The van der Waals surface area contributed by atoms with E-state index >= 15 is 0 Å². The predicted molar refractivity (Wildman–Crippen MR) is 95.7 cm³/mol. The smallest absolute Gasteiger partial charge is 0.160 e. The van der Waals surface area contributed by atoms with E-state index in [2.05, 4.69) is 6.58 Å². The fourth-order valence-corrected chi connectivity index (χ4v) is 3.08. The predicted octanol–water partition coefficient (Wildman–Crippen LogP) is 4.25. The number of benzene rings is 1. The van der Waals surface area contributed by atoms with Crippen LogP contribution in [0.3, 0.4) is 0 Å². The summed E-state index contributed by atoms with van der Waals surface area (Å²) in [4.78, 5) is 0. The minimum atomic E-state index is 0.182. The highest BCUT2D eigenvalue weighted by molar-refractivity contribution is 5.41. The van der Waals surface area contributed by atoms with Crippen molar-refractivity contribution >= 4 is 0 Å². The van der Waals surface area contributed by atoms with Gasteiger partial charge in [0.2, 0.25) is 0 Å². The Morgan fingerprint density at radius 2 is 2.12 bits per heavy atom. The molecule has 0 radical (unpaired) electrons. The van der Waals surface area contributed by atoms with Crippen molar-refractivity contribution in [1.29, 1.82) is 0 Å². The molecule has 0 amide bonds. The summed E-state index contributed by atoms with van der Waals surface area (Å²) in [6.07, 6.45) is 10.3. The fraction of sp³-hybridized carbons (Fsp3) is 0.600. The highest BCUT2D eigenvalue weighted by Crippen LogP contribution is 2.33. The summed E-state index contributed by atoms with van der Waals surface area (Å²) < 4.78 is 16.5. The molecule has 1 heterocycles. The number of phenolic OH excluding ortho intramolecular Hbond substituents is 1. The topological polar surface area (TPSA) is 51.2 Å². The number of rotatable bonds is 12. The maximum atomic E-state index is 9.63. The molecule has 0 spiro atoms. The number of hydrogen-bond acceptors (Lipinski definition) is 4. The van der Waals surface area contributed by atoms with Crippen molar-refractivity contribution in [2.75, 3.05) is 14.2 Å². The van der Waals surface area contributed by atoms with E-state index in [4.69, 9.17) is 14.2 Å². The Kier molecular flexibility index (Phi) is 7.60. The minimum Gasteiger partial charge on any atom is -0.504 e. The number of allylic oxidation sites excluding steroid dienone is 1. The lowest BCUT2D eigenvalue weighted by Gasteiger charge is -2.13. The molecule has 4 heteroatoms. The average Bonchev–Trinajstić information content (AvgIpc) is 3.34. The monoisotopic (exact) mass is 334 g/mol. The molecule has 0 saturated carbocycles. The Balaban J connectivity index is 1.68. The SMILES string of the molecule is C=CCCCC[C@H](CC1OC1CCc1ccc(O)c(OC)c1)OC. The fourth-order valence-electron chi connectivity index (χ4n) is 3.08. The number of aryl methyl sites for hydroxylation is 1. The first-order chi connectivity index (χ1) is 11.7. The second kappa shape index (κ2) is 9.70. The minimum absolute atomic E-state index is 0.182. The molecule has 24 heavy (non-hydrogen) atoms. The Morgan fingerprint density at radius 3 is 2.83 bits per heavy atom. The van der Waals surface area contributed by atoms with Crippen LogP contribution in [0.2, 0.25) is 0 Å². The van der Waals surface area contributed by atoms with Crippen LogP contribution in [0.15, 0.2) is 30.9 Å². The number of phenols is 1. The average molecular weight is 334 g/mol. The molecule has 1 aliphatic heterocycles. The molecule has 0 aromatic heterocycles. The third-order valence-corrected chi connectivity index (χ3v) is 4.66. The molecule has 134 valence electrons. The van der Waals surface area contributed by atoms with E-state index < -0.39 is 0 Å². The molecular formula is C20H30O4. The molecule has 4 nitrogen and oxygen atoms in total. The molecule has 3 atom stereocenters. The van der Waals surface area contributed by atoms with Crippen LogP contribution in [0.4, 0.5) is 0 Å². The zero-order valence-corrected chi connectivity index (χ0v) is 14.9. The van der Waals surface area contributed by atoms with Gasteiger partial charge in [-0.25, -0.2) is 0 Å². The number of ether oxygens (including phenoxy) is 3. The van der Waals surface area contributed by atoms with Gasteiger partial charge in [0.25, 0.3) is 0 Å². The summed E-state index contributed by atoms with van der Waals surface area (Å²) in [6, 6.07) is 5.51. The van der Waals surface area contributed by atoms with Gasteiger partial charge in [-0.2, -0.15) is 0 Å². The first-order valence-electron chi connectivity index (χ1n) is 8.83. The lowest BCUT2D eigenvalue weighted by Crippen LogP contribution is -2.14. The summed E-state index contributed by atoms with van der Waals surface area (Å²) in [5, 5.41) is 9.63. The maximum Gasteiger partial charge on any atom is 0.160 e. The normalized spacial score (nSPS) is 20.6. The molecule has 1 aromatic rings. The summed E-state index contributed by atoms with van der Waals surface area (Å²) in [7, 11) is 3.36. The summed E-state index contributed by atoms with van der Waals surface area (Å²) >= 11 is 0. The van der Waals surface area contributed by atoms with Crippen LogP contribution in [-0.4, -0.2) is 37.6 Å². The largest absolute Gasteiger partial charge is 0.504 e. The molecule has 1 aliphatic rings. The summed E-state index contributed by atoms with van der Waals surface area (Å²) in [6.45, 7) is 3.75. The van der Waals surface area contributed by atoms with Gasteiger partial charge in [0.05, 0.1) is 25.4 Å². The van der Waals surface area contributed by atoms with Crippen LogP contribution in [0.1, 0.15) is 44.1 Å². The van der Waals surface area contributed by atoms with Gasteiger partial charge in [0.15, 0.2) is 11.5 Å². The van der Waals surface area contributed by atoms with E-state index in [0.29, 0.717) is 24.1 Å². The standard InChI is InChI=1S/C20H30O4/c1-4-5-6-7-8-16(22-2)14-20-18(24-20)12-10-15-9-11-17(21)19(13-15)23-3/h4,9,11,13,16,18,20-21H,1,5-8,10,12,14H2,2-3H3/t16-,18?,20?/m1/s1. The van der Waals surface area contributed by atoms with Crippen LogP contribution in [0, 0.1) is 0 Å². The van der Waals surface area contributed by atoms with E-state index in [0.717, 1.165) is 37.7 Å². The number of epoxide rings is 1. The van der Waals surface area contributed by atoms with Crippen molar-refractivity contribution < 1.29 is 19.3 Å². The zero-order chi connectivity index (χ0) is 17.4. The van der Waals surface area contributed by atoms with Crippen LogP contribution in [-0.2, 0) is 15.9 Å². The van der Waals surface area contributed by atoms with Crippen LogP contribution in [0.5, 0.6) is 11.5 Å². The number of methoxy groups -OCH3 is 2. The van der Waals surface area contributed by atoms with Gasteiger partial charge in [0, 0.05) is 13.5 Å². The lowest BCUT2D eigenvalue weighted by molar-refractivity contribution is 0.0787. The van der Waals surface area contributed by atoms with Crippen molar-refractivity contribution in [2.45, 2.75) is 63.3 Å². The first kappa shape index (κ1) is 18.8. The third-order valence-electron chi connectivity index (χ3n) is 4.66. The van der Waals surface area contributed by atoms with Crippen molar-refractivity contribution in [3.05, 3.63) is 36.4 Å². The van der Waals surface area contributed by atoms with Gasteiger partial charge >= 0.3 is 0 Å². The van der Waals surface area contributed by atoms with Gasteiger partial charge < -0.3 is 19.3 Å². The van der Waals surface area contributed by atoms with Crippen LogP contribution >= 0.6 is 0 Å². The summed E-state index contributed by atoms with van der Waals surface area (Å²) in [5.74, 6) is 0.709. The maximum absolute atomic E-state index is 9.63. The van der Waals surface area contributed by atoms with Gasteiger partial charge in [-0.15, -0.1) is 6.58 Å². The van der Waals surface area contributed by atoms with Gasteiger partial charge in [-0.3, -0.25) is 0 Å². The summed E-state index contributed by atoms with van der Waals surface area (Å²) in [5.41, 5.74) is 1.16. The second-order valence-electron chi connectivity index (χ2n) is 6.42. The van der Waals surface area contributed by atoms with Crippen LogP contribution < -0.4 is 4.74 Å². The van der Waals surface area contributed by atoms with Gasteiger partial charge in [-0.05, 0) is 49.8 Å². The van der Waals surface area contributed by atoms with Crippen molar-refractivity contribution in [2.24, 2.45) is 0 Å². The molecule has 0 aliphatic carbocycles. The van der Waals surface area contributed by atoms with Gasteiger partial charge in [0.1, 0.15) is 0 Å². The molecule has 1 fully saturated rings. The zero-order valence-electron chi connectivity index (χ0n) is 14.9. The molecule has 1 saturated heterocycles. The molecular weight excluding hydrogens is 304 g/mol. The van der Waals surface area contributed by atoms with E-state index in [1.165, 1.54) is 12.8 Å². The quantitative estimate of drug-likeness (QED) is 0.353. The molecule has 1 N–H and O–H groups in total. The van der Waals surface area contributed by atoms with E-state index in [-0.39, 0.29) is 5.75 Å². The number of aromatic hydroxyl groups is 1.